The fourth-order valence-electron chi connectivity index (χ4n) is 2.23. The summed E-state index contributed by atoms with van der Waals surface area (Å²) in [6.45, 7) is 5.21. The van der Waals surface area contributed by atoms with Gasteiger partial charge in [0.25, 0.3) is 10.0 Å². The van der Waals surface area contributed by atoms with E-state index in [1.165, 1.54) is 37.6 Å². The molecule has 0 bridgehead atoms. The minimum Gasteiger partial charge on any atom is -0.263 e. The van der Waals surface area contributed by atoms with Crippen LogP contribution in [0.15, 0.2) is 51.1 Å². The molecule has 0 saturated heterocycles. The third-order valence-corrected chi connectivity index (χ3v) is 833. The van der Waals surface area contributed by atoms with Crippen molar-refractivity contribution >= 4 is 257 Å². The average Bonchev–Trinajstić information content (AvgIpc) is 3.03. The Morgan fingerprint density at radius 1 is 0.900 bits per heavy atom. The van der Waals surface area contributed by atoms with E-state index in [1.807, 2.05) is 0 Å². The number of esters is 2. The Labute approximate surface area is 397 Å². The van der Waals surface area contributed by atoms with Gasteiger partial charge in [-0.25, -0.2) is 23.1 Å². The van der Waals surface area contributed by atoms with Crippen LogP contribution >= 0.6 is 208 Å². The SMILES string of the molecule is CCOC(=O)C(C)=N.CCOC(=O)C1=NS(=O)(=O)c2cnccc2N1.II(I)I(I)I(I)I(I)I(I)I(I)I.NS(=O)(=O)c1cnccc1Cl. The summed E-state index contributed by atoms with van der Waals surface area (Å²) >= 11 is 28.9. The van der Waals surface area contributed by atoms with E-state index < -0.39 is 47.8 Å². The van der Waals surface area contributed by atoms with Crippen molar-refractivity contribution in [3.63, 3.8) is 0 Å². The molecule has 3 rings (SSSR count). The predicted octanol–water partition coefficient (Wildman–Crippen LogP) is 13.5. The van der Waals surface area contributed by atoms with Crippen molar-refractivity contribution in [3.8, 4) is 0 Å². The molecule has 0 aromatic carbocycles. The van der Waals surface area contributed by atoms with Crippen molar-refractivity contribution in [3.05, 3.63) is 41.9 Å². The number of amidine groups is 1. The molecule has 2 aromatic rings. The molecule has 0 unspecified atom stereocenters. The van der Waals surface area contributed by atoms with E-state index in [9.17, 15) is 26.4 Å². The number of primary sulfonamides is 1. The van der Waals surface area contributed by atoms with Crippen molar-refractivity contribution in [1.82, 2.24) is 9.97 Å². The summed E-state index contributed by atoms with van der Waals surface area (Å²) in [5.41, 5.74) is 0.213. The summed E-state index contributed by atoms with van der Waals surface area (Å²) in [6, 6.07) is 2.81. The molecular formula is C19H23ClI14N6O8S2. The quantitative estimate of drug-likeness (QED) is 0.115. The maximum Gasteiger partial charge on any atom is 0.241 e. The summed E-state index contributed by atoms with van der Waals surface area (Å²) < 4.78 is 57.3. The zero-order valence-electron chi connectivity index (χ0n) is 24.5. The Balaban J connectivity index is 0.000000664. The molecule has 1 aliphatic heterocycles. The molecule has 0 aliphatic carbocycles. The molecule has 4 N–H and O–H groups in total. The molecule has 0 fully saturated rings. The molecule has 0 amide bonds. The Bertz CT molecular complexity index is 1680. The van der Waals surface area contributed by atoms with Crippen LogP contribution in [0.3, 0.4) is 0 Å². The van der Waals surface area contributed by atoms with E-state index in [0.717, 1.165) is 6.20 Å². The Hall–Kier alpha value is 6.75. The number of pyridine rings is 2. The molecule has 0 atom stereocenters. The molecular weight excluding hydrogens is 2320 g/mol. The number of aromatic nitrogens is 2. The van der Waals surface area contributed by atoms with Gasteiger partial charge >= 0.3 is 208 Å². The molecule has 50 heavy (non-hydrogen) atoms. The second kappa shape index (κ2) is 29.9. The van der Waals surface area contributed by atoms with E-state index in [2.05, 4.69) is 178 Å². The number of nitrogens with two attached hydrogens (primary N) is 1. The maximum absolute atomic E-state index is 11.7. The fourth-order valence-corrected chi connectivity index (χ4v) is 1680. The van der Waals surface area contributed by atoms with Gasteiger partial charge in [-0.1, -0.05) is 11.6 Å². The Morgan fingerprint density at radius 2 is 1.38 bits per heavy atom. The topological polar surface area (TPSA) is 221 Å². The first-order valence-corrected chi connectivity index (χ1v) is 96.8. The zero-order chi connectivity index (χ0) is 39.0. The van der Waals surface area contributed by atoms with Gasteiger partial charge < -0.3 is 14.8 Å². The van der Waals surface area contributed by atoms with Gasteiger partial charge in [0.05, 0.1) is 23.9 Å². The monoisotopic (exact) mass is 2340 g/mol. The van der Waals surface area contributed by atoms with Crippen LogP contribution in [0.5, 0.6) is 0 Å². The predicted molar refractivity (Wildman–Crippen MR) is 326 cm³/mol. The van der Waals surface area contributed by atoms with Gasteiger partial charge in [0.1, 0.15) is 15.5 Å². The van der Waals surface area contributed by atoms with Crippen LogP contribution < -0.4 is 10.5 Å². The first kappa shape index (κ1) is 56.8. The maximum atomic E-state index is 11.7. The summed E-state index contributed by atoms with van der Waals surface area (Å²) in [6.07, 6.45) is 5.08. The summed E-state index contributed by atoms with van der Waals surface area (Å²) in [5.74, 6) is -1.68. The number of hydrogen-bond donors (Lipinski definition) is 3. The third-order valence-electron chi connectivity index (χ3n) is 4.03. The van der Waals surface area contributed by atoms with Crippen LogP contribution in [0.1, 0.15) is 20.8 Å². The van der Waals surface area contributed by atoms with Gasteiger partial charge in [0.15, 0.2) is 0 Å². The van der Waals surface area contributed by atoms with Crippen molar-refractivity contribution < 1.29 is 35.9 Å². The Kier molecular flexibility index (Phi) is 33.9. The van der Waals surface area contributed by atoms with Crippen molar-refractivity contribution in [1.29, 1.82) is 5.41 Å². The molecule has 0 saturated carbocycles. The second-order valence-corrected chi connectivity index (χ2v) is 303. The number of ether oxygens (including phenoxy) is 2. The number of nitrogens with one attached hydrogen (secondary N) is 2. The van der Waals surface area contributed by atoms with Gasteiger partial charge in [0.2, 0.25) is 15.9 Å². The number of nitrogens with zero attached hydrogens (tertiary/aromatic N) is 3. The van der Waals surface area contributed by atoms with Crippen molar-refractivity contribution in [2.24, 2.45) is 9.54 Å². The number of carbonyl (C=O) groups excluding carboxylic acids is 2. The summed E-state index contributed by atoms with van der Waals surface area (Å²) in [7, 11) is -9.78. The van der Waals surface area contributed by atoms with E-state index in [1.54, 1.807) is 13.8 Å². The van der Waals surface area contributed by atoms with Crippen LogP contribution in [0.4, 0.5) is 5.69 Å². The molecule has 1 aliphatic rings. The van der Waals surface area contributed by atoms with Crippen LogP contribution in [0.25, 0.3) is 0 Å². The zero-order valence-corrected chi connectivity index (χ0v) is 57.1. The van der Waals surface area contributed by atoms with Gasteiger partial charge in [-0.2, -0.15) is 8.42 Å². The molecule has 14 nitrogen and oxygen atoms in total. The van der Waals surface area contributed by atoms with Gasteiger partial charge in [0, 0.05) is 24.8 Å². The number of carbonyl (C=O) groups is 2. The van der Waals surface area contributed by atoms with E-state index in [0.29, 0.717) is 6.61 Å². The molecule has 0 spiro atoms. The van der Waals surface area contributed by atoms with E-state index >= 15 is 0 Å². The average molecular weight is 2340 g/mol. The number of anilines is 1. The van der Waals surface area contributed by atoms with Gasteiger partial charge in [-0.15, -0.1) is 4.40 Å². The molecule has 0 radical (unpaired) electrons. The van der Waals surface area contributed by atoms with Crippen molar-refractivity contribution in [2.75, 3.05) is 18.5 Å². The van der Waals surface area contributed by atoms with E-state index in [4.69, 9.17) is 22.1 Å². The Morgan fingerprint density at radius 3 is 1.76 bits per heavy atom. The minimum atomic E-state index is -3.89. The number of sulfonamides is 2. The first-order chi connectivity index (χ1) is 23.0. The molecule has 2 aromatic heterocycles. The molecule has 294 valence electrons. The summed E-state index contributed by atoms with van der Waals surface area (Å²) in [5, 5.41) is 14.2. The van der Waals surface area contributed by atoms with Crippen LogP contribution in [-0.4, -0.2) is 63.5 Å². The smallest absolute Gasteiger partial charge is 0.241 e. The molecule has 31 heteroatoms. The van der Waals surface area contributed by atoms with Crippen LogP contribution in [0.2, 0.25) is 5.02 Å². The van der Waals surface area contributed by atoms with Crippen molar-refractivity contribution in [2.45, 2.75) is 30.6 Å². The third kappa shape index (κ3) is 22.6. The number of halogens is 15. The first-order valence-electron chi connectivity index (χ1n) is 11.7. The largest absolute Gasteiger partial charge is 0.263 e. The fraction of sp³-hybridized carbons (Fsp3) is 0.263. The van der Waals surface area contributed by atoms with Crippen LogP contribution in [0, 0.1) is 5.41 Å². The van der Waals surface area contributed by atoms with Crippen LogP contribution in [-0.2, 0) is 39.1 Å². The minimum absolute atomic E-state index is 0.0492. The standard InChI is InChI=1S/C9H9N3O4S.C5H5ClN2O2S.C5H9NO2.I14/c1-2-16-9(13)8-11-6-3-4-10-5-7(6)17(14,15)12-8;6-4-1-2-8-3-5(4)11(7,9)10;1-3-8-5(7)4(2)6;1-9(2)11(5)13(7)14(8)12(6)10(3)4/h3-5H,2H2,1H3,(H,11,12);1-3H,(H2,7,9,10);6H,3H2,1-2H3;. The number of rotatable bonds is 10. The second-order valence-electron chi connectivity index (χ2n) is 7.30. The van der Waals surface area contributed by atoms with Gasteiger partial charge in [-0.3, -0.25) is 15.4 Å². The summed E-state index contributed by atoms with van der Waals surface area (Å²) in [4.78, 5) is 28.7. The van der Waals surface area contributed by atoms with Gasteiger partial charge in [-0.05, 0) is 32.9 Å². The normalized spacial score (nSPS) is 14.2. The van der Waals surface area contributed by atoms with E-state index in [-0.39, 0.29) is 70.2 Å². The molecule has 3 heterocycles. The number of fused-ring (bicyclic) bond motifs is 1. The number of hydrogen-bond acceptors (Lipinski definition) is 12.